The standard InChI is InChI=1S/C7H12O4/c1-3-5-11-6(4-2)7(8,9)10/h3-4,6,8-10H,1-2,5H2. The quantitative estimate of drug-likeness (QED) is 0.370. The summed E-state index contributed by atoms with van der Waals surface area (Å²) in [4.78, 5) is 0. The minimum atomic E-state index is -2.87. The lowest BCUT2D eigenvalue weighted by Crippen LogP contribution is -2.42. The molecule has 0 spiro atoms. The molecular formula is C7H12O4. The molecule has 0 aromatic rings. The second-order valence-corrected chi connectivity index (χ2v) is 1.97. The van der Waals surface area contributed by atoms with Crippen LogP contribution in [0.5, 0.6) is 0 Å². The fourth-order valence-corrected chi connectivity index (χ4v) is 0.510. The second kappa shape index (κ2) is 4.25. The van der Waals surface area contributed by atoms with E-state index in [0.717, 1.165) is 6.08 Å². The first-order valence-corrected chi connectivity index (χ1v) is 3.04. The molecule has 0 radical (unpaired) electrons. The number of rotatable bonds is 5. The van der Waals surface area contributed by atoms with E-state index in [1.54, 1.807) is 0 Å². The normalized spacial score (nSPS) is 14.1. The van der Waals surface area contributed by atoms with Gasteiger partial charge in [0, 0.05) is 0 Å². The average molecular weight is 160 g/mol. The van der Waals surface area contributed by atoms with Gasteiger partial charge in [-0.15, -0.1) is 13.2 Å². The maximum absolute atomic E-state index is 8.58. The third kappa shape index (κ3) is 3.90. The molecule has 4 nitrogen and oxygen atoms in total. The Bertz CT molecular complexity index is 136. The SMILES string of the molecule is C=CCOC(C=C)C(O)(O)O. The highest BCUT2D eigenvalue weighted by molar-refractivity contribution is 4.86. The van der Waals surface area contributed by atoms with Gasteiger partial charge in [0.05, 0.1) is 6.61 Å². The first kappa shape index (κ1) is 10.3. The maximum atomic E-state index is 8.58. The molecule has 1 unspecified atom stereocenters. The molecule has 0 heterocycles. The summed E-state index contributed by atoms with van der Waals surface area (Å²) in [6.45, 7) is 6.70. The second-order valence-electron chi connectivity index (χ2n) is 1.97. The molecule has 0 aromatic carbocycles. The van der Waals surface area contributed by atoms with E-state index in [-0.39, 0.29) is 6.61 Å². The van der Waals surface area contributed by atoms with Crippen molar-refractivity contribution in [3.05, 3.63) is 25.3 Å². The third-order valence-corrected chi connectivity index (χ3v) is 0.989. The van der Waals surface area contributed by atoms with Crippen LogP contribution < -0.4 is 0 Å². The van der Waals surface area contributed by atoms with E-state index in [9.17, 15) is 0 Å². The van der Waals surface area contributed by atoms with Crippen molar-refractivity contribution in [3.63, 3.8) is 0 Å². The van der Waals surface area contributed by atoms with Crippen LogP contribution >= 0.6 is 0 Å². The van der Waals surface area contributed by atoms with E-state index in [1.165, 1.54) is 6.08 Å². The summed E-state index contributed by atoms with van der Waals surface area (Å²) in [5.74, 6) is -2.87. The Labute approximate surface area is 65.0 Å². The Morgan fingerprint density at radius 1 is 1.36 bits per heavy atom. The highest BCUT2D eigenvalue weighted by Gasteiger charge is 2.29. The van der Waals surface area contributed by atoms with E-state index in [4.69, 9.17) is 20.1 Å². The highest BCUT2D eigenvalue weighted by Crippen LogP contribution is 2.07. The first-order valence-electron chi connectivity index (χ1n) is 3.04. The Morgan fingerprint density at radius 3 is 2.18 bits per heavy atom. The van der Waals surface area contributed by atoms with E-state index in [0.29, 0.717) is 0 Å². The summed E-state index contributed by atoms with van der Waals surface area (Å²) in [5, 5.41) is 25.8. The lowest BCUT2D eigenvalue weighted by Gasteiger charge is -2.22. The molecular weight excluding hydrogens is 148 g/mol. The molecule has 4 heteroatoms. The minimum absolute atomic E-state index is 0.111. The van der Waals surface area contributed by atoms with Crippen LogP contribution in [0.25, 0.3) is 0 Å². The van der Waals surface area contributed by atoms with Crippen LogP contribution in [0.3, 0.4) is 0 Å². The summed E-state index contributed by atoms with van der Waals surface area (Å²) in [5.41, 5.74) is 0. The molecule has 3 N–H and O–H groups in total. The van der Waals surface area contributed by atoms with Gasteiger partial charge in [-0.3, -0.25) is 0 Å². The molecule has 0 aliphatic carbocycles. The van der Waals surface area contributed by atoms with Crippen molar-refractivity contribution in [3.8, 4) is 0 Å². The molecule has 0 amide bonds. The van der Waals surface area contributed by atoms with Crippen molar-refractivity contribution in [1.82, 2.24) is 0 Å². The molecule has 64 valence electrons. The zero-order chi connectivity index (χ0) is 8.91. The summed E-state index contributed by atoms with van der Waals surface area (Å²) in [6.07, 6.45) is 1.28. The van der Waals surface area contributed by atoms with E-state index < -0.39 is 12.1 Å². The van der Waals surface area contributed by atoms with Crippen LogP contribution in [0, 0.1) is 0 Å². The minimum Gasteiger partial charge on any atom is -0.362 e. The smallest absolute Gasteiger partial charge is 0.307 e. The van der Waals surface area contributed by atoms with Crippen molar-refractivity contribution in [1.29, 1.82) is 0 Å². The Balaban J connectivity index is 3.95. The van der Waals surface area contributed by atoms with Crippen molar-refractivity contribution in [2.75, 3.05) is 6.61 Å². The molecule has 0 aliphatic heterocycles. The van der Waals surface area contributed by atoms with Crippen molar-refractivity contribution >= 4 is 0 Å². The van der Waals surface area contributed by atoms with Gasteiger partial charge in [-0.2, -0.15) is 0 Å². The van der Waals surface area contributed by atoms with Gasteiger partial charge in [0.15, 0.2) is 6.10 Å². The van der Waals surface area contributed by atoms with Gasteiger partial charge < -0.3 is 20.1 Å². The van der Waals surface area contributed by atoms with E-state index in [2.05, 4.69) is 13.2 Å². The third-order valence-electron chi connectivity index (χ3n) is 0.989. The number of ether oxygens (including phenoxy) is 1. The monoisotopic (exact) mass is 160 g/mol. The van der Waals surface area contributed by atoms with Crippen LogP contribution in [0.15, 0.2) is 25.3 Å². The van der Waals surface area contributed by atoms with Crippen molar-refractivity contribution in [2.24, 2.45) is 0 Å². The Kier molecular flexibility index (Phi) is 3.99. The summed E-state index contributed by atoms with van der Waals surface area (Å²) < 4.78 is 4.72. The van der Waals surface area contributed by atoms with Crippen LogP contribution in [0.1, 0.15) is 0 Å². The number of hydrogen-bond donors (Lipinski definition) is 3. The van der Waals surface area contributed by atoms with Crippen LogP contribution in [-0.4, -0.2) is 34.0 Å². The molecule has 0 rings (SSSR count). The lowest BCUT2D eigenvalue weighted by atomic mass is 10.3. The molecule has 0 fully saturated rings. The lowest BCUT2D eigenvalue weighted by molar-refractivity contribution is -0.350. The van der Waals surface area contributed by atoms with E-state index >= 15 is 0 Å². The molecule has 0 saturated heterocycles. The maximum Gasteiger partial charge on any atom is 0.307 e. The molecule has 11 heavy (non-hydrogen) atoms. The molecule has 1 atom stereocenters. The largest absolute Gasteiger partial charge is 0.362 e. The predicted octanol–water partition coefficient (Wildman–Crippen LogP) is -0.626. The average Bonchev–Trinajstić information content (AvgIpc) is 1.87. The summed E-state index contributed by atoms with van der Waals surface area (Å²) in [7, 11) is 0. The molecule has 0 aliphatic rings. The fraction of sp³-hybridized carbons (Fsp3) is 0.429. The molecule has 0 saturated carbocycles. The van der Waals surface area contributed by atoms with Crippen LogP contribution in [-0.2, 0) is 4.74 Å². The van der Waals surface area contributed by atoms with Crippen molar-refractivity contribution in [2.45, 2.75) is 12.1 Å². The Morgan fingerprint density at radius 2 is 1.91 bits per heavy atom. The van der Waals surface area contributed by atoms with Crippen LogP contribution in [0.2, 0.25) is 0 Å². The Hall–Kier alpha value is -0.680. The van der Waals surface area contributed by atoms with E-state index in [1.807, 2.05) is 0 Å². The van der Waals surface area contributed by atoms with Gasteiger partial charge in [0.25, 0.3) is 0 Å². The zero-order valence-corrected chi connectivity index (χ0v) is 6.10. The highest BCUT2D eigenvalue weighted by atomic mass is 16.7. The van der Waals surface area contributed by atoms with Gasteiger partial charge in [-0.1, -0.05) is 12.2 Å². The van der Waals surface area contributed by atoms with Crippen LogP contribution in [0.4, 0.5) is 0 Å². The first-order chi connectivity index (χ1) is 5.02. The van der Waals surface area contributed by atoms with Crippen molar-refractivity contribution < 1.29 is 20.1 Å². The van der Waals surface area contributed by atoms with Gasteiger partial charge >= 0.3 is 5.97 Å². The van der Waals surface area contributed by atoms with Gasteiger partial charge in [0.2, 0.25) is 0 Å². The van der Waals surface area contributed by atoms with Gasteiger partial charge in [-0.25, -0.2) is 0 Å². The topological polar surface area (TPSA) is 69.9 Å². The van der Waals surface area contributed by atoms with Gasteiger partial charge in [-0.05, 0) is 0 Å². The fourth-order valence-electron chi connectivity index (χ4n) is 0.510. The predicted molar refractivity (Wildman–Crippen MR) is 39.5 cm³/mol. The van der Waals surface area contributed by atoms with Gasteiger partial charge in [0.1, 0.15) is 0 Å². The number of aliphatic hydroxyl groups is 3. The molecule has 0 bridgehead atoms. The zero-order valence-electron chi connectivity index (χ0n) is 6.10. The summed E-state index contributed by atoms with van der Waals surface area (Å²) in [6, 6.07) is 0. The number of hydrogen-bond acceptors (Lipinski definition) is 4. The summed E-state index contributed by atoms with van der Waals surface area (Å²) >= 11 is 0. The molecule has 0 aromatic heterocycles.